The zero-order valence-electron chi connectivity index (χ0n) is 8.90. The zero-order valence-corrected chi connectivity index (χ0v) is 8.90. The molecule has 0 aliphatic heterocycles. The van der Waals surface area contributed by atoms with Gasteiger partial charge in [0.05, 0.1) is 7.11 Å². The summed E-state index contributed by atoms with van der Waals surface area (Å²) in [5, 5.41) is 12.5. The van der Waals surface area contributed by atoms with Crippen molar-refractivity contribution in [3.05, 3.63) is 42.0 Å². The first-order valence-electron chi connectivity index (χ1n) is 4.96. The van der Waals surface area contributed by atoms with Crippen LogP contribution in [0.25, 0.3) is 10.8 Å². The molecule has 2 aromatic carbocycles. The molecule has 0 aliphatic carbocycles. The molecule has 2 aromatic rings. The summed E-state index contributed by atoms with van der Waals surface area (Å²) in [5.41, 5.74) is 0.747. The van der Waals surface area contributed by atoms with E-state index in [4.69, 9.17) is 4.74 Å². The lowest BCUT2D eigenvalue weighted by Crippen LogP contribution is -2.24. The van der Waals surface area contributed by atoms with Gasteiger partial charge in [-0.1, -0.05) is 24.3 Å². The Morgan fingerprint density at radius 2 is 2.12 bits per heavy atom. The highest BCUT2D eigenvalue weighted by Crippen LogP contribution is 2.24. The number of carboxylic acid groups (broad SMARTS) is 1. The molecule has 0 unspecified atom stereocenters. The van der Waals surface area contributed by atoms with Crippen LogP contribution in [0.1, 0.15) is 5.56 Å². The quantitative estimate of drug-likeness (QED) is 0.771. The van der Waals surface area contributed by atoms with Crippen molar-refractivity contribution in [2.75, 3.05) is 7.11 Å². The second-order valence-electron chi connectivity index (χ2n) is 3.55. The van der Waals surface area contributed by atoms with E-state index in [0.29, 0.717) is 0 Å². The van der Waals surface area contributed by atoms with Crippen LogP contribution in [0.3, 0.4) is 0 Å². The van der Waals surface area contributed by atoms with Crippen molar-refractivity contribution in [1.82, 2.24) is 0 Å². The number of methoxy groups -OCH3 is 1. The minimum atomic E-state index is -1.07. The van der Waals surface area contributed by atoms with Gasteiger partial charge in [0, 0.05) is 12.4 Å². The summed E-state index contributed by atoms with van der Waals surface area (Å²) in [6.07, 6.45) is -0.0789. The fourth-order valence-corrected chi connectivity index (χ4v) is 1.75. The minimum absolute atomic E-state index is 0.0789. The van der Waals surface area contributed by atoms with Gasteiger partial charge in [0.25, 0.3) is 0 Å². The number of fused-ring (bicyclic) bond motifs is 1. The molecule has 3 nitrogen and oxygen atoms in total. The molecule has 0 radical (unpaired) electrons. The van der Waals surface area contributed by atoms with Crippen LogP contribution in [-0.4, -0.2) is 13.1 Å². The monoisotopic (exact) mass is 215 g/mol. The van der Waals surface area contributed by atoms with E-state index < -0.39 is 5.97 Å². The van der Waals surface area contributed by atoms with Crippen molar-refractivity contribution in [2.45, 2.75) is 6.42 Å². The summed E-state index contributed by atoms with van der Waals surface area (Å²) in [6, 6.07) is 11.2. The van der Waals surface area contributed by atoms with Crippen LogP contribution < -0.4 is 9.84 Å². The number of aliphatic carboxylic acids is 1. The van der Waals surface area contributed by atoms with Gasteiger partial charge in [-0.25, -0.2) is 0 Å². The van der Waals surface area contributed by atoms with Crippen molar-refractivity contribution in [3.63, 3.8) is 0 Å². The van der Waals surface area contributed by atoms with E-state index in [2.05, 4.69) is 0 Å². The largest absolute Gasteiger partial charge is 0.550 e. The van der Waals surface area contributed by atoms with E-state index >= 15 is 0 Å². The summed E-state index contributed by atoms with van der Waals surface area (Å²) >= 11 is 0. The van der Waals surface area contributed by atoms with Gasteiger partial charge in [0.2, 0.25) is 0 Å². The van der Waals surface area contributed by atoms with E-state index in [0.717, 1.165) is 22.1 Å². The first-order chi connectivity index (χ1) is 7.70. The molecule has 0 N–H and O–H groups in total. The molecule has 16 heavy (non-hydrogen) atoms. The first kappa shape index (κ1) is 10.5. The summed E-state index contributed by atoms with van der Waals surface area (Å²) < 4.78 is 5.12. The third kappa shape index (κ3) is 1.98. The SMILES string of the molecule is COc1ccc2cccc(CC(=O)[O-])c2c1. The van der Waals surface area contributed by atoms with Crippen molar-refractivity contribution in [2.24, 2.45) is 0 Å². The third-order valence-corrected chi connectivity index (χ3v) is 2.51. The summed E-state index contributed by atoms with van der Waals surface area (Å²) in [7, 11) is 1.59. The van der Waals surface area contributed by atoms with E-state index in [1.165, 1.54) is 0 Å². The van der Waals surface area contributed by atoms with Gasteiger partial charge in [-0.05, 0) is 28.5 Å². The number of ether oxygens (including phenoxy) is 1. The molecular formula is C13H11O3-. The molecule has 0 amide bonds. The second kappa shape index (κ2) is 4.23. The van der Waals surface area contributed by atoms with Crippen molar-refractivity contribution < 1.29 is 14.6 Å². The molecule has 0 aromatic heterocycles. The van der Waals surface area contributed by atoms with Gasteiger partial charge < -0.3 is 14.6 Å². The molecule has 0 atom stereocenters. The first-order valence-corrected chi connectivity index (χ1v) is 4.96. The lowest BCUT2D eigenvalue weighted by atomic mass is 10.0. The Labute approximate surface area is 93.3 Å². The average molecular weight is 215 g/mol. The number of hydrogen-bond donors (Lipinski definition) is 0. The van der Waals surface area contributed by atoms with Crippen molar-refractivity contribution in [1.29, 1.82) is 0 Å². The maximum atomic E-state index is 10.6. The maximum absolute atomic E-state index is 10.6. The van der Waals surface area contributed by atoms with Crippen LogP contribution in [-0.2, 0) is 11.2 Å². The Balaban J connectivity index is 2.59. The molecule has 2 rings (SSSR count). The number of rotatable bonds is 3. The average Bonchev–Trinajstić information content (AvgIpc) is 2.28. The Hall–Kier alpha value is -2.03. The maximum Gasteiger partial charge on any atom is 0.119 e. The Morgan fingerprint density at radius 3 is 2.81 bits per heavy atom. The number of carboxylic acids is 1. The lowest BCUT2D eigenvalue weighted by Gasteiger charge is -2.08. The third-order valence-electron chi connectivity index (χ3n) is 2.51. The molecule has 0 aliphatic rings. The molecular weight excluding hydrogens is 204 g/mol. The van der Waals surface area contributed by atoms with Crippen molar-refractivity contribution in [3.8, 4) is 5.75 Å². The number of hydrogen-bond acceptors (Lipinski definition) is 3. The fourth-order valence-electron chi connectivity index (χ4n) is 1.75. The fraction of sp³-hybridized carbons (Fsp3) is 0.154. The number of carbonyl (C=O) groups is 1. The summed E-state index contributed by atoms with van der Waals surface area (Å²) in [5.74, 6) is -0.353. The molecule has 0 bridgehead atoms. The smallest absolute Gasteiger partial charge is 0.119 e. The number of benzene rings is 2. The second-order valence-corrected chi connectivity index (χ2v) is 3.55. The molecule has 82 valence electrons. The predicted molar refractivity (Wildman–Crippen MR) is 59.2 cm³/mol. The standard InChI is InChI=1S/C13H12O3/c1-16-11-6-5-9-3-2-4-10(7-13(14)15)12(9)8-11/h2-6,8H,7H2,1H3,(H,14,15)/p-1. The van der Waals surface area contributed by atoms with E-state index in [1.54, 1.807) is 13.2 Å². The van der Waals surface area contributed by atoms with Crippen LogP contribution >= 0.6 is 0 Å². The van der Waals surface area contributed by atoms with Crippen LogP contribution in [0.15, 0.2) is 36.4 Å². The van der Waals surface area contributed by atoms with Crippen LogP contribution in [0.2, 0.25) is 0 Å². The van der Waals surface area contributed by atoms with Gasteiger partial charge in [-0.15, -0.1) is 0 Å². The summed E-state index contributed by atoms with van der Waals surface area (Å²) in [6.45, 7) is 0. The van der Waals surface area contributed by atoms with Gasteiger partial charge >= 0.3 is 0 Å². The zero-order chi connectivity index (χ0) is 11.5. The van der Waals surface area contributed by atoms with Gasteiger partial charge in [0.15, 0.2) is 0 Å². The highest BCUT2D eigenvalue weighted by molar-refractivity contribution is 5.89. The highest BCUT2D eigenvalue weighted by Gasteiger charge is 2.02. The molecule has 3 heteroatoms. The molecule has 0 heterocycles. The normalized spacial score (nSPS) is 10.3. The summed E-state index contributed by atoms with van der Waals surface area (Å²) in [4.78, 5) is 10.6. The van der Waals surface area contributed by atoms with Gasteiger partial charge in [-0.3, -0.25) is 0 Å². The van der Waals surface area contributed by atoms with Crippen LogP contribution in [0, 0.1) is 0 Å². The Bertz CT molecular complexity index is 532. The van der Waals surface area contributed by atoms with E-state index in [1.807, 2.05) is 30.3 Å². The Kier molecular flexibility index (Phi) is 2.77. The highest BCUT2D eigenvalue weighted by atomic mass is 16.5. The van der Waals surface area contributed by atoms with E-state index in [9.17, 15) is 9.90 Å². The topological polar surface area (TPSA) is 49.4 Å². The van der Waals surface area contributed by atoms with Crippen LogP contribution in [0.5, 0.6) is 5.75 Å². The molecule has 0 saturated carbocycles. The number of carbonyl (C=O) groups excluding carboxylic acids is 1. The lowest BCUT2D eigenvalue weighted by molar-refractivity contribution is -0.304. The van der Waals surface area contributed by atoms with Gasteiger partial charge in [-0.2, -0.15) is 0 Å². The van der Waals surface area contributed by atoms with Crippen LogP contribution in [0.4, 0.5) is 0 Å². The molecule has 0 fully saturated rings. The Morgan fingerprint density at radius 1 is 1.31 bits per heavy atom. The van der Waals surface area contributed by atoms with Crippen molar-refractivity contribution >= 4 is 16.7 Å². The van der Waals surface area contributed by atoms with Gasteiger partial charge in [0.1, 0.15) is 5.75 Å². The molecule has 0 saturated heterocycles. The predicted octanol–water partition coefficient (Wildman–Crippen LogP) is 1.14. The molecule has 0 spiro atoms. The minimum Gasteiger partial charge on any atom is -0.550 e. The van der Waals surface area contributed by atoms with E-state index in [-0.39, 0.29) is 6.42 Å².